The van der Waals surface area contributed by atoms with Crippen molar-refractivity contribution in [3.05, 3.63) is 40.4 Å². The number of aldehydes is 1. The first-order chi connectivity index (χ1) is 8.93. The molecule has 19 heavy (non-hydrogen) atoms. The molecule has 0 saturated carbocycles. The van der Waals surface area contributed by atoms with Crippen LogP contribution in [-0.4, -0.2) is 25.6 Å². The predicted octanol–water partition coefficient (Wildman–Crippen LogP) is 3.85. The fourth-order valence-electron chi connectivity index (χ4n) is 2.06. The minimum Gasteiger partial charge on any atom is -0.367 e. The van der Waals surface area contributed by atoms with E-state index in [2.05, 4.69) is 0 Å². The Kier molecular flexibility index (Phi) is 3.85. The van der Waals surface area contributed by atoms with Gasteiger partial charge in [0.25, 0.3) is 0 Å². The van der Waals surface area contributed by atoms with Crippen molar-refractivity contribution in [2.75, 3.05) is 18.0 Å². The van der Waals surface area contributed by atoms with E-state index in [1.807, 2.05) is 0 Å². The summed E-state index contributed by atoms with van der Waals surface area (Å²) in [6.07, 6.45) is -2.58. The van der Waals surface area contributed by atoms with Crippen molar-refractivity contribution in [2.24, 2.45) is 0 Å². The molecule has 1 heterocycles. The molecule has 0 aliphatic carbocycles. The summed E-state index contributed by atoms with van der Waals surface area (Å²) in [6, 6.07) is 4.94. The summed E-state index contributed by atoms with van der Waals surface area (Å²) >= 11 is 5.90. The number of hydrogen-bond acceptors (Lipinski definition) is 2. The lowest BCUT2D eigenvalue weighted by atomic mass is 10.1. The van der Waals surface area contributed by atoms with Crippen LogP contribution >= 0.6 is 11.6 Å². The Morgan fingerprint density at radius 2 is 2.05 bits per heavy atom. The highest BCUT2D eigenvalue weighted by Crippen LogP contribution is 2.33. The van der Waals surface area contributed by atoms with E-state index in [9.17, 15) is 18.0 Å². The molecule has 0 spiro atoms. The maximum absolute atomic E-state index is 12.5. The molecule has 0 aromatic heterocycles. The van der Waals surface area contributed by atoms with Crippen molar-refractivity contribution >= 4 is 23.6 Å². The zero-order chi connectivity index (χ0) is 14.0. The van der Waals surface area contributed by atoms with Gasteiger partial charge in [-0.05, 0) is 18.6 Å². The number of carbonyl (C=O) groups excluding carboxylic acids is 1. The zero-order valence-corrected chi connectivity index (χ0v) is 10.6. The van der Waals surface area contributed by atoms with Crippen LogP contribution in [0.1, 0.15) is 16.8 Å². The number of benzene rings is 1. The molecular formula is C13H11ClF3NO. The third-order valence-electron chi connectivity index (χ3n) is 3.06. The molecule has 2 rings (SSSR count). The van der Waals surface area contributed by atoms with Gasteiger partial charge < -0.3 is 4.90 Å². The summed E-state index contributed by atoms with van der Waals surface area (Å²) in [7, 11) is 0. The summed E-state index contributed by atoms with van der Waals surface area (Å²) in [6.45, 7) is 0.336. The number of alkyl halides is 3. The Hall–Kier alpha value is -1.49. The van der Waals surface area contributed by atoms with E-state index >= 15 is 0 Å². The quantitative estimate of drug-likeness (QED) is 0.609. The summed E-state index contributed by atoms with van der Waals surface area (Å²) in [5.41, 5.74) is 0.367. The SMILES string of the molecule is O=Cc1c(Cl)cccc1N1CC=C(C(F)(F)F)CC1. The molecule has 1 aromatic carbocycles. The van der Waals surface area contributed by atoms with E-state index in [4.69, 9.17) is 11.6 Å². The average molecular weight is 290 g/mol. The van der Waals surface area contributed by atoms with E-state index in [-0.39, 0.29) is 19.5 Å². The van der Waals surface area contributed by atoms with Crippen molar-refractivity contribution in [2.45, 2.75) is 12.6 Å². The number of carbonyl (C=O) groups is 1. The van der Waals surface area contributed by atoms with Crippen LogP contribution in [0.4, 0.5) is 18.9 Å². The molecule has 0 atom stereocenters. The molecule has 0 N–H and O–H groups in total. The molecule has 2 nitrogen and oxygen atoms in total. The van der Waals surface area contributed by atoms with E-state index in [0.29, 0.717) is 22.6 Å². The van der Waals surface area contributed by atoms with Crippen LogP contribution in [0.5, 0.6) is 0 Å². The molecule has 0 fully saturated rings. The van der Waals surface area contributed by atoms with Gasteiger partial charge in [0.15, 0.2) is 6.29 Å². The van der Waals surface area contributed by atoms with Crippen molar-refractivity contribution in [1.82, 2.24) is 0 Å². The fraction of sp³-hybridized carbons (Fsp3) is 0.308. The highest BCUT2D eigenvalue weighted by atomic mass is 35.5. The van der Waals surface area contributed by atoms with E-state index < -0.39 is 11.7 Å². The largest absolute Gasteiger partial charge is 0.412 e. The van der Waals surface area contributed by atoms with Gasteiger partial charge in [-0.3, -0.25) is 4.79 Å². The minimum atomic E-state index is -4.27. The predicted molar refractivity (Wildman–Crippen MR) is 67.8 cm³/mol. The van der Waals surface area contributed by atoms with Gasteiger partial charge in [0, 0.05) is 24.4 Å². The van der Waals surface area contributed by atoms with Crippen molar-refractivity contribution in [3.8, 4) is 0 Å². The highest BCUT2D eigenvalue weighted by Gasteiger charge is 2.35. The summed E-state index contributed by atoms with van der Waals surface area (Å²) in [5.74, 6) is 0. The molecule has 0 bridgehead atoms. The van der Waals surface area contributed by atoms with Gasteiger partial charge in [-0.15, -0.1) is 0 Å². The molecule has 0 amide bonds. The van der Waals surface area contributed by atoms with E-state index in [0.717, 1.165) is 6.08 Å². The average Bonchev–Trinajstić information content (AvgIpc) is 2.37. The zero-order valence-electron chi connectivity index (χ0n) is 9.88. The maximum Gasteiger partial charge on any atom is 0.412 e. The number of hydrogen-bond donors (Lipinski definition) is 0. The third kappa shape index (κ3) is 2.92. The second-order valence-corrected chi connectivity index (χ2v) is 4.62. The molecule has 0 saturated heterocycles. The first kappa shape index (κ1) is 13.9. The Morgan fingerprint density at radius 1 is 1.32 bits per heavy atom. The number of halogens is 4. The van der Waals surface area contributed by atoms with Gasteiger partial charge in [0.2, 0.25) is 0 Å². The molecule has 1 aliphatic heterocycles. The fourth-order valence-corrected chi connectivity index (χ4v) is 2.28. The van der Waals surface area contributed by atoms with Crippen LogP contribution in [0.3, 0.4) is 0 Å². The molecule has 1 aliphatic rings. The van der Waals surface area contributed by atoms with Gasteiger partial charge in [0.05, 0.1) is 10.6 Å². The van der Waals surface area contributed by atoms with Gasteiger partial charge in [-0.25, -0.2) is 0 Å². The molecule has 1 aromatic rings. The van der Waals surface area contributed by atoms with Crippen LogP contribution < -0.4 is 4.90 Å². The molecule has 0 radical (unpaired) electrons. The summed E-state index contributed by atoms with van der Waals surface area (Å²) in [5, 5.41) is 0.304. The van der Waals surface area contributed by atoms with Crippen LogP contribution in [0.15, 0.2) is 29.8 Å². The van der Waals surface area contributed by atoms with Gasteiger partial charge >= 0.3 is 6.18 Å². The monoisotopic (exact) mass is 289 g/mol. The van der Waals surface area contributed by atoms with E-state index in [1.54, 1.807) is 23.1 Å². The second kappa shape index (κ2) is 5.25. The van der Waals surface area contributed by atoms with Crippen LogP contribution in [0.2, 0.25) is 5.02 Å². The lowest BCUT2D eigenvalue weighted by Crippen LogP contribution is -2.32. The molecule has 0 unspecified atom stereocenters. The number of rotatable bonds is 2. The molecule has 6 heteroatoms. The standard InChI is InChI=1S/C13H11ClF3NO/c14-11-2-1-3-12(10(11)8-19)18-6-4-9(5-7-18)13(15,16)17/h1-4,8H,5-7H2. The lowest BCUT2D eigenvalue weighted by Gasteiger charge is -2.30. The maximum atomic E-state index is 12.5. The highest BCUT2D eigenvalue weighted by molar-refractivity contribution is 6.33. The number of anilines is 1. The Balaban J connectivity index is 2.25. The van der Waals surface area contributed by atoms with Crippen molar-refractivity contribution < 1.29 is 18.0 Å². The summed E-state index contributed by atoms with van der Waals surface area (Å²) < 4.78 is 37.5. The Morgan fingerprint density at radius 3 is 2.58 bits per heavy atom. The molecular weight excluding hydrogens is 279 g/mol. The third-order valence-corrected chi connectivity index (χ3v) is 3.39. The molecule has 102 valence electrons. The van der Waals surface area contributed by atoms with Crippen molar-refractivity contribution in [1.29, 1.82) is 0 Å². The first-order valence-corrected chi connectivity index (χ1v) is 6.06. The van der Waals surface area contributed by atoms with Crippen LogP contribution in [-0.2, 0) is 0 Å². The van der Waals surface area contributed by atoms with Gasteiger partial charge in [-0.1, -0.05) is 23.7 Å². The second-order valence-electron chi connectivity index (χ2n) is 4.21. The van der Waals surface area contributed by atoms with Gasteiger partial charge in [-0.2, -0.15) is 13.2 Å². The number of nitrogens with zero attached hydrogens (tertiary/aromatic N) is 1. The van der Waals surface area contributed by atoms with E-state index in [1.165, 1.54) is 0 Å². The Labute approximate surface area is 113 Å². The lowest BCUT2D eigenvalue weighted by molar-refractivity contribution is -0.0944. The van der Waals surface area contributed by atoms with Crippen LogP contribution in [0.25, 0.3) is 0 Å². The normalized spacial score (nSPS) is 16.2. The topological polar surface area (TPSA) is 20.3 Å². The van der Waals surface area contributed by atoms with Crippen LogP contribution in [0, 0.1) is 0 Å². The first-order valence-electron chi connectivity index (χ1n) is 5.68. The van der Waals surface area contributed by atoms with Crippen molar-refractivity contribution in [3.63, 3.8) is 0 Å². The smallest absolute Gasteiger partial charge is 0.367 e. The Bertz CT molecular complexity index is 525. The van der Waals surface area contributed by atoms with Gasteiger partial charge in [0.1, 0.15) is 0 Å². The summed E-state index contributed by atoms with van der Waals surface area (Å²) in [4.78, 5) is 12.7. The minimum absolute atomic E-state index is 0.0890.